The highest BCUT2D eigenvalue weighted by Gasteiger charge is 2.14. The first-order chi connectivity index (χ1) is 12.2. The number of rotatable bonds is 4. The number of halogens is 2. The van der Waals surface area contributed by atoms with Gasteiger partial charge in [0.1, 0.15) is 12.1 Å². The van der Waals surface area contributed by atoms with Crippen molar-refractivity contribution in [3.63, 3.8) is 0 Å². The van der Waals surface area contributed by atoms with Gasteiger partial charge in [0, 0.05) is 0 Å². The normalized spacial score (nSPS) is 11.2. The molecule has 6 nitrogen and oxygen atoms in total. The van der Waals surface area contributed by atoms with Gasteiger partial charge in [0.15, 0.2) is 5.82 Å². The van der Waals surface area contributed by atoms with Crippen molar-refractivity contribution in [3.05, 3.63) is 52.8 Å². The number of hydrogen-bond donors (Lipinski definition) is 1. The lowest BCUT2D eigenvalue weighted by atomic mass is 10.2. The van der Waals surface area contributed by atoms with Crippen LogP contribution in [0.2, 0.25) is 10.0 Å². The van der Waals surface area contributed by atoms with Crippen LogP contribution in [0.25, 0.3) is 16.7 Å². The molecule has 0 unspecified atom stereocenters. The van der Waals surface area contributed by atoms with Gasteiger partial charge in [0.2, 0.25) is 5.65 Å². The van der Waals surface area contributed by atoms with E-state index in [1.54, 1.807) is 18.5 Å². The van der Waals surface area contributed by atoms with E-state index in [9.17, 15) is 0 Å². The molecule has 0 amide bonds. The Morgan fingerprint density at radius 2 is 1.96 bits per heavy atom. The summed E-state index contributed by atoms with van der Waals surface area (Å²) in [6, 6.07) is 11.1. The summed E-state index contributed by atoms with van der Waals surface area (Å²) in [6.07, 6.45) is 1.61. The standard InChI is InChI=1S/C17H13Cl2N5O/c1-2-25-15-6-4-3-5-12(15)21-16-17-23-20-9-24(17)14-8-11(19)10(18)7-13(14)22-16/h3-9H,2H2,1H3,(H,21,22). The summed E-state index contributed by atoms with van der Waals surface area (Å²) in [6.45, 7) is 2.51. The molecule has 0 saturated carbocycles. The molecule has 2 aromatic carbocycles. The van der Waals surface area contributed by atoms with E-state index in [-0.39, 0.29) is 0 Å². The fourth-order valence-electron chi connectivity index (χ4n) is 2.61. The first kappa shape index (κ1) is 15.9. The van der Waals surface area contributed by atoms with Crippen LogP contribution in [0.1, 0.15) is 6.92 Å². The summed E-state index contributed by atoms with van der Waals surface area (Å²) in [7, 11) is 0. The second-order valence-corrected chi connectivity index (χ2v) is 6.11. The Hall–Kier alpha value is -2.57. The van der Waals surface area contributed by atoms with Crippen molar-refractivity contribution in [1.29, 1.82) is 0 Å². The predicted octanol–water partition coefficient (Wildman–Crippen LogP) is 4.73. The van der Waals surface area contributed by atoms with E-state index in [0.29, 0.717) is 33.6 Å². The number of nitrogens with zero attached hydrogens (tertiary/aromatic N) is 4. The molecular formula is C17H13Cl2N5O. The van der Waals surface area contributed by atoms with E-state index < -0.39 is 0 Å². The van der Waals surface area contributed by atoms with Gasteiger partial charge < -0.3 is 10.1 Å². The molecule has 0 aliphatic carbocycles. The van der Waals surface area contributed by atoms with Gasteiger partial charge in [-0.05, 0) is 31.2 Å². The number of nitrogens with one attached hydrogen (secondary N) is 1. The van der Waals surface area contributed by atoms with Gasteiger partial charge in [-0.3, -0.25) is 4.40 Å². The van der Waals surface area contributed by atoms with E-state index in [4.69, 9.17) is 27.9 Å². The first-order valence-corrected chi connectivity index (χ1v) is 8.40. The average Bonchev–Trinajstić information content (AvgIpc) is 3.09. The summed E-state index contributed by atoms with van der Waals surface area (Å²) in [5.74, 6) is 1.29. The molecule has 0 atom stereocenters. The van der Waals surface area contributed by atoms with E-state index in [1.807, 2.05) is 35.6 Å². The summed E-state index contributed by atoms with van der Waals surface area (Å²) < 4.78 is 7.47. The second-order valence-electron chi connectivity index (χ2n) is 5.29. The Kier molecular flexibility index (Phi) is 4.07. The Bertz CT molecular complexity index is 1080. The summed E-state index contributed by atoms with van der Waals surface area (Å²) >= 11 is 12.3. The highest BCUT2D eigenvalue weighted by Crippen LogP contribution is 2.32. The average molecular weight is 374 g/mol. The Balaban J connectivity index is 1.89. The maximum absolute atomic E-state index is 6.14. The predicted molar refractivity (Wildman–Crippen MR) is 99.2 cm³/mol. The van der Waals surface area contributed by atoms with Crippen molar-refractivity contribution in [3.8, 4) is 5.75 Å². The van der Waals surface area contributed by atoms with Crippen LogP contribution >= 0.6 is 23.2 Å². The molecule has 0 saturated heterocycles. The highest BCUT2D eigenvalue weighted by molar-refractivity contribution is 6.42. The molecule has 0 spiro atoms. The smallest absolute Gasteiger partial charge is 0.204 e. The molecule has 0 aliphatic heterocycles. The van der Waals surface area contributed by atoms with Crippen LogP contribution in [-0.4, -0.2) is 26.2 Å². The minimum absolute atomic E-state index is 0.440. The molecule has 1 N–H and O–H groups in total. The van der Waals surface area contributed by atoms with E-state index >= 15 is 0 Å². The molecule has 8 heteroatoms. The topological polar surface area (TPSA) is 64.3 Å². The number of para-hydroxylation sites is 2. The number of aromatic nitrogens is 4. The first-order valence-electron chi connectivity index (χ1n) is 7.64. The number of anilines is 2. The van der Waals surface area contributed by atoms with E-state index in [1.165, 1.54) is 0 Å². The van der Waals surface area contributed by atoms with Crippen molar-refractivity contribution in [2.24, 2.45) is 0 Å². The fourth-order valence-corrected chi connectivity index (χ4v) is 2.93. The monoisotopic (exact) mass is 373 g/mol. The molecule has 0 radical (unpaired) electrons. The van der Waals surface area contributed by atoms with Crippen molar-refractivity contribution in [2.75, 3.05) is 11.9 Å². The molecule has 0 bridgehead atoms. The molecular weight excluding hydrogens is 361 g/mol. The molecule has 0 fully saturated rings. The van der Waals surface area contributed by atoms with Crippen LogP contribution in [0.4, 0.5) is 11.5 Å². The van der Waals surface area contributed by atoms with Gasteiger partial charge in [0.25, 0.3) is 0 Å². The Labute approximate surface area is 153 Å². The Morgan fingerprint density at radius 3 is 2.80 bits per heavy atom. The van der Waals surface area contributed by atoms with Gasteiger partial charge in [-0.25, -0.2) is 4.98 Å². The molecule has 4 rings (SSSR count). The zero-order chi connectivity index (χ0) is 17.4. The van der Waals surface area contributed by atoms with Crippen LogP contribution in [0.15, 0.2) is 42.7 Å². The van der Waals surface area contributed by atoms with Gasteiger partial charge in [-0.1, -0.05) is 35.3 Å². The third-order valence-electron chi connectivity index (χ3n) is 3.71. The molecule has 2 heterocycles. The van der Waals surface area contributed by atoms with Crippen LogP contribution in [0.3, 0.4) is 0 Å². The van der Waals surface area contributed by atoms with Gasteiger partial charge in [-0.2, -0.15) is 0 Å². The van der Waals surface area contributed by atoms with Crippen LogP contribution in [-0.2, 0) is 0 Å². The SMILES string of the molecule is CCOc1ccccc1Nc1nc2cc(Cl)c(Cl)cc2n2cnnc12. The van der Waals surface area contributed by atoms with Crippen LogP contribution < -0.4 is 10.1 Å². The minimum Gasteiger partial charge on any atom is -0.492 e. The molecule has 25 heavy (non-hydrogen) atoms. The Morgan fingerprint density at radius 1 is 1.16 bits per heavy atom. The highest BCUT2D eigenvalue weighted by atomic mass is 35.5. The van der Waals surface area contributed by atoms with Crippen LogP contribution in [0.5, 0.6) is 5.75 Å². The molecule has 4 aromatic rings. The number of benzene rings is 2. The summed E-state index contributed by atoms with van der Waals surface area (Å²) in [5, 5.41) is 12.3. The van der Waals surface area contributed by atoms with E-state index in [0.717, 1.165) is 17.0 Å². The van der Waals surface area contributed by atoms with Gasteiger partial charge in [0.05, 0.1) is 33.4 Å². The minimum atomic E-state index is 0.440. The lowest BCUT2D eigenvalue weighted by Gasteiger charge is -2.13. The third kappa shape index (κ3) is 2.83. The van der Waals surface area contributed by atoms with Crippen molar-refractivity contribution in [1.82, 2.24) is 19.6 Å². The second kappa shape index (κ2) is 6.38. The van der Waals surface area contributed by atoms with E-state index in [2.05, 4.69) is 20.5 Å². The molecule has 126 valence electrons. The number of ether oxygens (including phenoxy) is 1. The number of hydrogen-bond acceptors (Lipinski definition) is 5. The zero-order valence-corrected chi connectivity index (χ0v) is 14.7. The lowest BCUT2D eigenvalue weighted by molar-refractivity contribution is 0.342. The fraction of sp³-hybridized carbons (Fsp3) is 0.118. The third-order valence-corrected chi connectivity index (χ3v) is 4.43. The maximum Gasteiger partial charge on any atom is 0.204 e. The van der Waals surface area contributed by atoms with Crippen molar-refractivity contribution in [2.45, 2.75) is 6.92 Å². The van der Waals surface area contributed by atoms with Crippen LogP contribution in [0, 0.1) is 0 Å². The largest absolute Gasteiger partial charge is 0.492 e. The molecule has 2 aromatic heterocycles. The summed E-state index contributed by atoms with van der Waals surface area (Å²) in [5.41, 5.74) is 2.83. The number of fused-ring (bicyclic) bond motifs is 3. The quantitative estimate of drug-likeness (QED) is 0.560. The van der Waals surface area contributed by atoms with Gasteiger partial charge in [-0.15, -0.1) is 10.2 Å². The van der Waals surface area contributed by atoms with Crippen molar-refractivity contribution >= 4 is 51.4 Å². The van der Waals surface area contributed by atoms with Gasteiger partial charge >= 0.3 is 0 Å². The maximum atomic E-state index is 6.14. The zero-order valence-electron chi connectivity index (χ0n) is 13.2. The molecule has 0 aliphatic rings. The lowest BCUT2D eigenvalue weighted by Crippen LogP contribution is -2.02. The summed E-state index contributed by atoms with van der Waals surface area (Å²) in [4.78, 5) is 4.64. The van der Waals surface area contributed by atoms with Crippen molar-refractivity contribution < 1.29 is 4.74 Å².